The van der Waals surface area contributed by atoms with Crippen LogP contribution in [0, 0.1) is 0 Å². The van der Waals surface area contributed by atoms with Gasteiger partial charge in [0, 0.05) is 25.3 Å². The van der Waals surface area contributed by atoms with Gasteiger partial charge in [-0.1, -0.05) is 13.0 Å². The zero-order valence-electron chi connectivity index (χ0n) is 11.6. The fraction of sp³-hybridized carbons (Fsp3) is 0.643. The van der Waals surface area contributed by atoms with Crippen molar-refractivity contribution in [2.45, 2.75) is 39.3 Å². The summed E-state index contributed by atoms with van der Waals surface area (Å²) in [5.74, 6) is 0. The van der Waals surface area contributed by atoms with E-state index in [1.807, 2.05) is 17.0 Å². The Kier molecular flexibility index (Phi) is 7.37. The van der Waals surface area contributed by atoms with Crippen LogP contribution in [0.4, 0.5) is 0 Å². The van der Waals surface area contributed by atoms with Crippen molar-refractivity contribution >= 4 is 0 Å². The van der Waals surface area contributed by atoms with E-state index in [9.17, 15) is 0 Å². The van der Waals surface area contributed by atoms with E-state index in [2.05, 4.69) is 36.9 Å². The van der Waals surface area contributed by atoms with Crippen LogP contribution < -0.4 is 5.32 Å². The lowest BCUT2D eigenvalue weighted by atomic mass is 10.3. The van der Waals surface area contributed by atoms with E-state index in [-0.39, 0.29) is 0 Å². The predicted octanol–water partition coefficient (Wildman–Crippen LogP) is 2.54. The van der Waals surface area contributed by atoms with Gasteiger partial charge >= 0.3 is 0 Å². The highest BCUT2D eigenvalue weighted by Gasteiger charge is 2.03. The van der Waals surface area contributed by atoms with E-state index >= 15 is 0 Å². The summed E-state index contributed by atoms with van der Waals surface area (Å²) in [6, 6.07) is 2.54. The minimum absolute atomic E-state index is 0.473. The third-order valence-corrected chi connectivity index (χ3v) is 2.90. The van der Waals surface area contributed by atoms with Crippen LogP contribution in [0.5, 0.6) is 0 Å². The predicted molar refractivity (Wildman–Crippen MR) is 74.6 cm³/mol. The van der Waals surface area contributed by atoms with Gasteiger partial charge in [-0.15, -0.1) is 6.58 Å². The normalized spacial score (nSPS) is 12.6. The molecule has 1 heterocycles. The topological polar surface area (TPSA) is 39.1 Å². The molecule has 1 atom stereocenters. The van der Waals surface area contributed by atoms with Crippen molar-refractivity contribution in [1.82, 2.24) is 15.1 Å². The van der Waals surface area contributed by atoms with E-state index in [0.29, 0.717) is 6.04 Å². The molecule has 0 spiro atoms. The molecular formula is C14H25N3O. The molecule has 1 aromatic heterocycles. The maximum atomic E-state index is 5.41. The standard InChI is InChI=1S/C14H25N3O/c1-4-6-10-18-11-8-15-12-14-7-9-17(16-14)13(3)5-2/h4,7,9,13,15H,1,5-6,8,10-12H2,2-3H3. The molecule has 18 heavy (non-hydrogen) atoms. The van der Waals surface area contributed by atoms with Crippen molar-refractivity contribution in [2.24, 2.45) is 0 Å². The molecule has 1 unspecified atom stereocenters. The first-order valence-corrected chi connectivity index (χ1v) is 6.71. The lowest BCUT2D eigenvalue weighted by Gasteiger charge is -2.08. The van der Waals surface area contributed by atoms with Gasteiger partial charge in [-0.25, -0.2) is 0 Å². The monoisotopic (exact) mass is 251 g/mol. The third-order valence-electron chi connectivity index (χ3n) is 2.90. The molecule has 0 saturated heterocycles. The SMILES string of the molecule is C=CCCOCCNCc1ccn(C(C)CC)n1. The molecule has 0 radical (unpaired) electrons. The number of aromatic nitrogens is 2. The van der Waals surface area contributed by atoms with Gasteiger partial charge in [0.1, 0.15) is 0 Å². The van der Waals surface area contributed by atoms with Crippen molar-refractivity contribution in [1.29, 1.82) is 0 Å². The summed E-state index contributed by atoms with van der Waals surface area (Å²) < 4.78 is 7.44. The van der Waals surface area contributed by atoms with E-state index in [1.54, 1.807) is 0 Å². The zero-order chi connectivity index (χ0) is 13.2. The smallest absolute Gasteiger partial charge is 0.0762 e. The molecule has 0 saturated carbocycles. The minimum Gasteiger partial charge on any atom is -0.380 e. The summed E-state index contributed by atoms with van der Waals surface area (Å²) in [6.45, 7) is 11.1. The number of nitrogens with one attached hydrogen (secondary N) is 1. The third kappa shape index (κ3) is 5.47. The Balaban J connectivity index is 2.12. The Labute approximate surface area is 110 Å². The van der Waals surface area contributed by atoms with Crippen LogP contribution in [0.1, 0.15) is 38.4 Å². The Morgan fingerprint density at radius 3 is 3.11 bits per heavy atom. The van der Waals surface area contributed by atoms with Crippen LogP contribution in [0.25, 0.3) is 0 Å². The van der Waals surface area contributed by atoms with Crippen molar-refractivity contribution in [3.8, 4) is 0 Å². The first-order valence-electron chi connectivity index (χ1n) is 6.71. The zero-order valence-corrected chi connectivity index (χ0v) is 11.6. The largest absolute Gasteiger partial charge is 0.380 e. The van der Waals surface area contributed by atoms with Crippen LogP contribution in [0.15, 0.2) is 24.9 Å². The molecular weight excluding hydrogens is 226 g/mol. The second-order valence-corrected chi connectivity index (χ2v) is 4.41. The maximum Gasteiger partial charge on any atom is 0.0762 e. The lowest BCUT2D eigenvalue weighted by molar-refractivity contribution is 0.140. The molecule has 4 nitrogen and oxygen atoms in total. The van der Waals surface area contributed by atoms with Gasteiger partial charge in [-0.05, 0) is 25.8 Å². The van der Waals surface area contributed by atoms with Crippen molar-refractivity contribution in [3.63, 3.8) is 0 Å². The van der Waals surface area contributed by atoms with Crippen LogP contribution >= 0.6 is 0 Å². The van der Waals surface area contributed by atoms with Crippen LogP contribution in [0.2, 0.25) is 0 Å². The van der Waals surface area contributed by atoms with E-state index in [1.165, 1.54) is 0 Å². The molecule has 0 amide bonds. The first kappa shape index (κ1) is 14.9. The van der Waals surface area contributed by atoms with Crippen molar-refractivity contribution < 1.29 is 4.74 Å². The number of hydrogen-bond donors (Lipinski definition) is 1. The molecule has 1 aromatic rings. The molecule has 0 aliphatic heterocycles. The molecule has 102 valence electrons. The Morgan fingerprint density at radius 2 is 2.39 bits per heavy atom. The highest BCUT2D eigenvalue weighted by molar-refractivity contribution is 4.99. The van der Waals surface area contributed by atoms with Gasteiger partial charge < -0.3 is 10.1 Å². The Morgan fingerprint density at radius 1 is 1.56 bits per heavy atom. The van der Waals surface area contributed by atoms with Gasteiger partial charge in [0.15, 0.2) is 0 Å². The van der Waals surface area contributed by atoms with E-state index < -0.39 is 0 Å². The lowest BCUT2D eigenvalue weighted by Crippen LogP contribution is -2.20. The Hall–Kier alpha value is -1.13. The number of ether oxygens (including phenoxy) is 1. The molecule has 0 bridgehead atoms. The molecule has 0 fully saturated rings. The summed E-state index contributed by atoms with van der Waals surface area (Å²) in [4.78, 5) is 0. The van der Waals surface area contributed by atoms with Crippen LogP contribution in [0.3, 0.4) is 0 Å². The molecule has 1 rings (SSSR count). The fourth-order valence-electron chi connectivity index (χ4n) is 1.53. The second kappa shape index (κ2) is 8.89. The van der Waals surface area contributed by atoms with Gasteiger partial charge in [0.2, 0.25) is 0 Å². The number of hydrogen-bond acceptors (Lipinski definition) is 3. The summed E-state index contributed by atoms with van der Waals surface area (Å²) in [7, 11) is 0. The van der Waals surface area contributed by atoms with Crippen LogP contribution in [-0.2, 0) is 11.3 Å². The van der Waals surface area contributed by atoms with Crippen LogP contribution in [-0.4, -0.2) is 29.5 Å². The van der Waals surface area contributed by atoms with Gasteiger partial charge in [0.25, 0.3) is 0 Å². The molecule has 0 aliphatic rings. The van der Waals surface area contributed by atoms with Gasteiger partial charge in [-0.2, -0.15) is 5.10 Å². The van der Waals surface area contributed by atoms with E-state index in [4.69, 9.17) is 4.74 Å². The fourth-order valence-corrected chi connectivity index (χ4v) is 1.53. The maximum absolute atomic E-state index is 5.41. The summed E-state index contributed by atoms with van der Waals surface area (Å²) in [5, 5.41) is 7.85. The average Bonchev–Trinajstić information content (AvgIpc) is 2.85. The molecule has 4 heteroatoms. The quantitative estimate of drug-likeness (QED) is 0.513. The average molecular weight is 251 g/mol. The summed E-state index contributed by atoms with van der Waals surface area (Å²) in [6.07, 6.45) is 5.94. The second-order valence-electron chi connectivity index (χ2n) is 4.41. The summed E-state index contributed by atoms with van der Waals surface area (Å²) >= 11 is 0. The van der Waals surface area contributed by atoms with Crippen molar-refractivity contribution in [2.75, 3.05) is 19.8 Å². The summed E-state index contributed by atoms with van der Waals surface area (Å²) in [5.41, 5.74) is 1.08. The molecule has 0 aliphatic carbocycles. The minimum atomic E-state index is 0.473. The van der Waals surface area contributed by atoms with Gasteiger partial charge in [-0.3, -0.25) is 4.68 Å². The van der Waals surface area contributed by atoms with Crippen molar-refractivity contribution in [3.05, 3.63) is 30.6 Å². The molecule has 1 N–H and O–H groups in total. The highest BCUT2D eigenvalue weighted by Crippen LogP contribution is 2.08. The highest BCUT2D eigenvalue weighted by atomic mass is 16.5. The van der Waals surface area contributed by atoms with Gasteiger partial charge in [0.05, 0.1) is 18.9 Å². The first-order chi connectivity index (χ1) is 8.77. The Bertz CT molecular complexity index is 336. The van der Waals surface area contributed by atoms with E-state index in [0.717, 1.165) is 44.8 Å². The molecule has 0 aromatic carbocycles. The number of rotatable bonds is 10. The number of nitrogens with zero attached hydrogens (tertiary/aromatic N) is 2.